The van der Waals surface area contributed by atoms with E-state index < -0.39 is 6.16 Å². The molecule has 0 saturated heterocycles. The van der Waals surface area contributed by atoms with Gasteiger partial charge < -0.3 is 9.47 Å². The average Bonchev–Trinajstić information content (AvgIpc) is 2.05. The van der Waals surface area contributed by atoms with Crippen LogP contribution in [0.5, 0.6) is 0 Å². The maximum absolute atomic E-state index is 10.6. The van der Waals surface area contributed by atoms with E-state index in [0.29, 0.717) is 13.2 Å². The van der Waals surface area contributed by atoms with Crippen LogP contribution in [0.15, 0.2) is 0 Å². The van der Waals surface area contributed by atoms with E-state index in [1.165, 1.54) is 0 Å². The lowest BCUT2D eigenvalue weighted by Crippen LogP contribution is -2.08. The maximum atomic E-state index is 10.6. The molecule has 0 spiro atoms. The first-order valence-electron chi connectivity index (χ1n) is 4.18. The number of rotatable bonds is 6. The first-order chi connectivity index (χ1) is 5.81. The predicted molar refractivity (Wildman–Crippen MR) is 50.6 cm³/mol. The fourth-order valence-corrected chi connectivity index (χ4v) is 1.23. The van der Waals surface area contributed by atoms with E-state index in [-0.39, 0.29) is 0 Å². The summed E-state index contributed by atoms with van der Waals surface area (Å²) in [5.74, 6) is 2.15. The molecule has 0 bridgehead atoms. The molecule has 0 aromatic carbocycles. The van der Waals surface area contributed by atoms with Crippen LogP contribution in [0.4, 0.5) is 4.79 Å². The topological polar surface area (TPSA) is 35.5 Å². The van der Waals surface area contributed by atoms with Gasteiger partial charge in [-0.15, -0.1) is 0 Å². The number of carbonyl (C=O) groups is 1. The molecule has 0 fully saturated rings. The van der Waals surface area contributed by atoms with E-state index in [1.807, 2.05) is 11.8 Å². The van der Waals surface area contributed by atoms with Gasteiger partial charge in [0.2, 0.25) is 0 Å². The van der Waals surface area contributed by atoms with Crippen LogP contribution in [-0.4, -0.2) is 30.9 Å². The van der Waals surface area contributed by atoms with Crippen molar-refractivity contribution < 1.29 is 14.3 Å². The van der Waals surface area contributed by atoms with Gasteiger partial charge in [0, 0.05) is 0 Å². The molecule has 4 heteroatoms. The van der Waals surface area contributed by atoms with Crippen LogP contribution >= 0.6 is 11.8 Å². The summed E-state index contributed by atoms with van der Waals surface area (Å²) in [5.41, 5.74) is 0. The summed E-state index contributed by atoms with van der Waals surface area (Å²) in [6.45, 7) is 4.71. The molecule has 0 radical (unpaired) electrons. The van der Waals surface area contributed by atoms with E-state index in [9.17, 15) is 4.79 Å². The Morgan fingerprint density at radius 2 is 2.08 bits per heavy atom. The Morgan fingerprint density at radius 1 is 1.33 bits per heavy atom. The molecule has 0 amide bonds. The second kappa shape index (κ2) is 8.71. The fraction of sp³-hybridized carbons (Fsp3) is 0.875. The third-order valence-electron chi connectivity index (χ3n) is 1.12. The van der Waals surface area contributed by atoms with Crippen molar-refractivity contribution in [2.24, 2.45) is 0 Å². The lowest BCUT2D eigenvalue weighted by atomic mass is 10.5. The molecule has 12 heavy (non-hydrogen) atoms. The van der Waals surface area contributed by atoms with Gasteiger partial charge in [0.25, 0.3) is 0 Å². The number of carbonyl (C=O) groups excluding carboxylic acids is 1. The Labute approximate surface area is 77.8 Å². The largest absolute Gasteiger partial charge is 0.508 e. The quantitative estimate of drug-likeness (QED) is 0.478. The minimum absolute atomic E-state index is 0.378. The van der Waals surface area contributed by atoms with Crippen LogP contribution in [0.1, 0.15) is 20.3 Å². The minimum atomic E-state index is -0.556. The Bertz CT molecular complexity index is 117. The van der Waals surface area contributed by atoms with Gasteiger partial charge in [-0.3, -0.25) is 0 Å². The van der Waals surface area contributed by atoms with Crippen molar-refractivity contribution in [2.45, 2.75) is 20.3 Å². The number of hydrogen-bond donors (Lipinski definition) is 0. The van der Waals surface area contributed by atoms with Gasteiger partial charge in [-0.05, 0) is 24.9 Å². The molecule has 0 atom stereocenters. The molecule has 0 aromatic rings. The Hall–Kier alpha value is -0.380. The van der Waals surface area contributed by atoms with Gasteiger partial charge in [0.05, 0.1) is 13.2 Å². The first-order valence-corrected chi connectivity index (χ1v) is 5.34. The number of ether oxygens (including phenoxy) is 2. The van der Waals surface area contributed by atoms with Crippen molar-refractivity contribution in [3.63, 3.8) is 0 Å². The fourth-order valence-electron chi connectivity index (χ4n) is 0.620. The van der Waals surface area contributed by atoms with Crippen molar-refractivity contribution in [3.8, 4) is 0 Å². The van der Waals surface area contributed by atoms with E-state index >= 15 is 0 Å². The summed E-state index contributed by atoms with van der Waals surface area (Å²) in [6.07, 6.45) is 0.344. The minimum Gasteiger partial charge on any atom is -0.435 e. The van der Waals surface area contributed by atoms with Crippen LogP contribution in [0.25, 0.3) is 0 Å². The number of hydrogen-bond acceptors (Lipinski definition) is 4. The lowest BCUT2D eigenvalue weighted by Gasteiger charge is -2.03. The summed E-state index contributed by atoms with van der Waals surface area (Å²) < 4.78 is 9.33. The molecular weight excluding hydrogens is 176 g/mol. The summed E-state index contributed by atoms with van der Waals surface area (Å²) in [4.78, 5) is 10.6. The molecule has 0 aliphatic heterocycles. The van der Waals surface area contributed by atoms with Crippen LogP contribution in [0, 0.1) is 0 Å². The molecular formula is C8H16O3S. The summed E-state index contributed by atoms with van der Waals surface area (Å²) in [5, 5.41) is 0. The highest BCUT2D eigenvalue weighted by molar-refractivity contribution is 7.99. The molecule has 0 aliphatic rings. The molecule has 0 saturated carbocycles. The molecule has 0 unspecified atom stereocenters. The van der Waals surface area contributed by atoms with Crippen LogP contribution in [0.3, 0.4) is 0 Å². The smallest absolute Gasteiger partial charge is 0.435 e. The van der Waals surface area contributed by atoms with Gasteiger partial charge in [-0.25, -0.2) is 4.79 Å². The Morgan fingerprint density at radius 3 is 2.67 bits per heavy atom. The first kappa shape index (κ1) is 11.6. The van der Waals surface area contributed by atoms with Gasteiger partial charge in [-0.1, -0.05) is 6.92 Å². The summed E-state index contributed by atoms with van der Waals surface area (Å²) >= 11 is 1.84. The van der Waals surface area contributed by atoms with Crippen molar-refractivity contribution in [3.05, 3.63) is 0 Å². The van der Waals surface area contributed by atoms with Crippen LogP contribution < -0.4 is 0 Å². The van der Waals surface area contributed by atoms with Gasteiger partial charge in [-0.2, -0.15) is 11.8 Å². The van der Waals surface area contributed by atoms with E-state index in [2.05, 4.69) is 11.7 Å². The third kappa shape index (κ3) is 7.72. The predicted octanol–water partition coefficient (Wildman–Crippen LogP) is 2.30. The lowest BCUT2D eigenvalue weighted by molar-refractivity contribution is 0.0594. The molecule has 72 valence electrons. The van der Waals surface area contributed by atoms with Crippen LogP contribution in [-0.2, 0) is 9.47 Å². The van der Waals surface area contributed by atoms with Crippen molar-refractivity contribution in [1.82, 2.24) is 0 Å². The number of thioether (sulfide) groups is 1. The van der Waals surface area contributed by atoms with Crippen molar-refractivity contribution in [1.29, 1.82) is 0 Å². The van der Waals surface area contributed by atoms with E-state index in [4.69, 9.17) is 4.74 Å². The average molecular weight is 192 g/mol. The zero-order valence-corrected chi connectivity index (χ0v) is 8.49. The zero-order chi connectivity index (χ0) is 9.23. The molecule has 0 aromatic heterocycles. The van der Waals surface area contributed by atoms with Crippen molar-refractivity contribution in [2.75, 3.05) is 24.7 Å². The molecule has 0 rings (SSSR count). The highest BCUT2D eigenvalue weighted by Gasteiger charge is 1.99. The Kier molecular flexibility index (Phi) is 8.44. The second-order valence-electron chi connectivity index (χ2n) is 2.08. The highest BCUT2D eigenvalue weighted by Crippen LogP contribution is 2.00. The van der Waals surface area contributed by atoms with Crippen LogP contribution in [0.2, 0.25) is 0 Å². The van der Waals surface area contributed by atoms with Gasteiger partial charge in [0.1, 0.15) is 0 Å². The molecule has 0 aliphatic carbocycles. The Balaban J connectivity index is 3.03. The summed E-state index contributed by atoms with van der Waals surface area (Å²) in [6, 6.07) is 0. The molecule has 3 nitrogen and oxygen atoms in total. The highest BCUT2D eigenvalue weighted by atomic mass is 32.2. The van der Waals surface area contributed by atoms with E-state index in [1.54, 1.807) is 6.92 Å². The third-order valence-corrected chi connectivity index (χ3v) is 2.10. The van der Waals surface area contributed by atoms with Gasteiger partial charge >= 0.3 is 6.16 Å². The molecule has 0 N–H and O–H groups in total. The molecule has 0 heterocycles. The van der Waals surface area contributed by atoms with Crippen molar-refractivity contribution >= 4 is 17.9 Å². The standard InChI is InChI=1S/C8H16O3S/c1-3-10-8(9)11-6-5-7-12-4-2/h3-7H2,1-2H3. The monoisotopic (exact) mass is 192 g/mol. The SMILES string of the molecule is CCOC(=O)OCCCSCC. The summed E-state index contributed by atoms with van der Waals surface area (Å²) in [7, 11) is 0. The normalized spacial score (nSPS) is 9.50. The zero-order valence-electron chi connectivity index (χ0n) is 7.67. The second-order valence-corrected chi connectivity index (χ2v) is 3.48. The van der Waals surface area contributed by atoms with Gasteiger partial charge in [0.15, 0.2) is 0 Å². The maximum Gasteiger partial charge on any atom is 0.508 e. The van der Waals surface area contributed by atoms with E-state index in [0.717, 1.165) is 17.9 Å².